The lowest BCUT2D eigenvalue weighted by atomic mass is 9.73. The van der Waals surface area contributed by atoms with Crippen molar-refractivity contribution in [2.75, 3.05) is 13.1 Å². The van der Waals surface area contributed by atoms with Crippen LogP contribution in [0.25, 0.3) is 0 Å². The minimum Gasteiger partial charge on any atom is -0.392 e. The van der Waals surface area contributed by atoms with E-state index in [4.69, 9.17) is 18.0 Å². The molecule has 7 heteroatoms. The molecule has 3 nitrogen and oxygen atoms in total. The topological polar surface area (TPSA) is 46.3 Å². The Hall–Kier alpha value is -0.850. The summed E-state index contributed by atoms with van der Waals surface area (Å²) in [4.78, 5) is 13.3. The van der Waals surface area contributed by atoms with Crippen molar-refractivity contribution in [3.63, 3.8) is 0 Å². The molecule has 1 aliphatic rings. The average molecular weight is 296 g/mol. The largest absolute Gasteiger partial charge is 0.406 e. The summed E-state index contributed by atoms with van der Waals surface area (Å²) in [7, 11) is 0. The second-order valence-electron chi connectivity index (χ2n) is 4.94. The molecule has 0 aromatic heterocycles. The molecular weight excluding hydrogens is 277 g/mol. The fraction of sp³-hybridized carbons (Fsp3) is 0.833. The van der Waals surface area contributed by atoms with Crippen LogP contribution in [0.3, 0.4) is 0 Å². The third kappa shape index (κ3) is 3.81. The average Bonchev–Trinajstić information content (AvgIpc) is 2.34. The number of carbonyl (C=O) groups is 1. The lowest BCUT2D eigenvalue weighted by Crippen LogP contribution is -2.53. The lowest BCUT2D eigenvalue weighted by molar-refractivity contribution is -0.166. The van der Waals surface area contributed by atoms with Crippen LogP contribution >= 0.6 is 12.2 Å². The van der Waals surface area contributed by atoms with Crippen LogP contribution in [0, 0.1) is 5.41 Å². The third-order valence-electron chi connectivity index (χ3n) is 3.63. The molecule has 0 aliphatic heterocycles. The molecular formula is C12H19F3N2OS. The van der Waals surface area contributed by atoms with Gasteiger partial charge in [-0.15, -0.1) is 0 Å². The van der Waals surface area contributed by atoms with Crippen LogP contribution in [0.4, 0.5) is 13.2 Å². The third-order valence-corrected chi connectivity index (χ3v) is 4.02. The van der Waals surface area contributed by atoms with Crippen molar-refractivity contribution in [1.29, 1.82) is 0 Å². The lowest BCUT2D eigenvalue weighted by Gasteiger charge is -2.39. The highest BCUT2D eigenvalue weighted by atomic mass is 32.1. The van der Waals surface area contributed by atoms with Gasteiger partial charge in [-0.25, -0.2) is 0 Å². The maximum absolute atomic E-state index is 12.5. The van der Waals surface area contributed by atoms with Gasteiger partial charge in [-0.1, -0.05) is 31.5 Å². The Balaban J connectivity index is 2.95. The van der Waals surface area contributed by atoms with Gasteiger partial charge < -0.3 is 10.6 Å². The zero-order chi connectivity index (χ0) is 14.7. The summed E-state index contributed by atoms with van der Waals surface area (Å²) in [6, 6.07) is 0. The molecule has 0 spiro atoms. The highest BCUT2D eigenvalue weighted by Gasteiger charge is 2.46. The molecule has 0 aromatic rings. The summed E-state index contributed by atoms with van der Waals surface area (Å²) in [5.74, 6) is -0.570. The molecule has 0 saturated heterocycles. The van der Waals surface area contributed by atoms with Crippen molar-refractivity contribution in [2.24, 2.45) is 11.1 Å². The van der Waals surface area contributed by atoms with Crippen molar-refractivity contribution in [3.05, 3.63) is 0 Å². The van der Waals surface area contributed by atoms with Gasteiger partial charge in [0, 0.05) is 6.54 Å². The Bertz CT molecular complexity index is 351. The second kappa shape index (κ2) is 6.07. The van der Waals surface area contributed by atoms with E-state index in [1.165, 1.54) is 6.92 Å². The number of hydrogen-bond donors (Lipinski definition) is 1. The summed E-state index contributed by atoms with van der Waals surface area (Å²) in [6.07, 6.45) is -0.995. The minimum absolute atomic E-state index is 0.00269. The first-order chi connectivity index (χ1) is 8.73. The van der Waals surface area contributed by atoms with Crippen LogP contribution in [-0.4, -0.2) is 35.1 Å². The Morgan fingerprint density at radius 2 is 1.84 bits per heavy atom. The summed E-state index contributed by atoms with van der Waals surface area (Å²) in [6.45, 7) is 0.287. The number of hydrogen-bond acceptors (Lipinski definition) is 2. The molecule has 110 valence electrons. The molecule has 19 heavy (non-hydrogen) atoms. The second-order valence-corrected chi connectivity index (χ2v) is 5.38. The van der Waals surface area contributed by atoms with Crippen molar-refractivity contribution in [2.45, 2.75) is 45.2 Å². The number of alkyl halides is 3. The number of nitrogens with zero attached hydrogens (tertiary/aromatic N) is 1. The maximum Gasteiger partial charge on any atom is 0.406 e. The predicted octanol–water partition coefficient (Wildman–Crippen LogP) is 2.63. The summed E-state index contributed by atoms with van der Waals surface area (Å²) >= 11 is 4.96. The number of carbonyl (C=O) groups excluding carboxylic acids is 1. The maximum atomic E-state index is 12.5. The number of rotatable bonds is 4. The standard InChI is InChI=1S/C12H19F3N2OS/c1-2-17(8-12(13,14)15)10(18)11(9(16)19)6-4-3-5-7-11/h2-8H2,1H3,(H2,16,19). The highest BCUT2D eigenvalue weighted by Crippen LogP contribution is 2.39. The van der Waals surface area contributed by atoms with E-state index in [1.807, 2.05) is 0 Å². The quantitative estimate of drug-likeness (QED) is 0.811. The van der Waals surface area contributed by atoms with Crippen LogP contribution in [0.5, 0.6) is 0 Å². The zero-order valence-corrected chi connectivity index (χ0v) is 11.7. The first-order valence-corrected chi connectivity index (χ1v) is 6.80. The van der Waals surface area contributed by atoms with Crippen LogP contribution < -0.4 is 5.73 Å². The van der Waals surface area contributed by atoms with E-state index in [2.05, 4.69) is 0 Å². The molecule has 2 N–H and O–H groups in total. The van der Waals surface area contributed by atoms with E-state index in [1.54, 1.807) is 0 Å². The first kappa shape index (κ1) is 16.2. The molecule has 1 rings (SSSR count). The van der Waals surface area contributed by atoms with Gasteiger partial charge in [-0.3, -0.25) is 4.79 Å². The fourth-order valence-electron chi connectivity index (χ4n) is 2.57. The Labute approximate surface area is 116 Å². The van der Waals surface area contributed by atoms with Crippen molar-refractivity contribution in [1.82, 2.24) is 4.90 Å². The molecule has 0 unspecified atom stereocenters. The van der Waals surface area contributed by atoms with E-state index < -0.39 is 24.0 Å². The summed E-state index contributed by atoms with van der Waals surface area (Å²) < 4.78 is 37.5. The number of amides is 1. The predicted molar refractivity (Wildman–Crippen MR) is 70.6 cm³/mol. The van der Waals surface area contributed by atoms with E-state index in [0.717, 1.165) is 24.2 Å². The molecule has 1 aliphatic carbocycles. The number of halogens is 3. The van der Waals surface area contributed by atoms with Gasteiger partial charge in [0.2, 0.25) is 5.91 Å². The van der Waals surface area contributed by atoms with E-state index >= 15 is 0 Å². The molecule has 0 atom stereocenters. The minimum atomic E-state index is -4.41. The van der Waals surface area contributed by atoms with Crippen LogP contribution in [0.1, 0.15) is 39.0 Å². The summed E-state index contributed by atoms with van der Waals surface area (Å²) in [5, 5.41) is 0. The van der Waals surface area contributed by atoms with Gasteiger partial charge >= 0.3 is 6.18 Å². The smallest absolute Gasteiger partial charge is 0.392 e. The molecule has 1 fully saturated rings. The number of nitrogens with two attached hydrogens (primary N) is 1. The van der Waals surface area contributed by atoms with E-state index in [9.17, 15) is 18.0 Å². The Morgan fingerprint density at radius 3 is 2.21 bits per heavy atom. The van der Waals surface area contributed by atoms with E-state index in [0.29, 0.717) is 12.8 Å². The zero-order valence-electron chi connectivity index (χ0n) is 10.9. The van der Waals surface area contributed by atoms with Gasteiger partial charge in [-0.05, 0) is 19.8 Å². The SMILES string of the molecule is CCN(CC(F)(F)F)C(=O)C1(C(N)=S)CCCCC1. The van der Waals surface area contributed by atoms with Crippen molar-refractivity contribution >= 4 is 23.1 Å². The molecule has 0 radical (unpaired) electrons. The van der Waals surface area contributed by atoms with Crippen LogP contribution in [0.2, 0.25) is 0 Å². The van der Waals surface area contributed by atoms with Gasteiger partial charge in [0.25, 0.3) is 0 Å². The Kier molecular flexibility index (Phi) is 5.18. The Morgan fingerprint density at radius 1 is 1.32 bits per heavy atom. The summed E-state index contributed by atoms with van der Waals surface area (Å²) in [5.41, 5.74) is 4.59. The number of thiocarbonyl (C=S) groups is 1. The van der Waals surface area contributed by atoms with Gasteiger partial charge in [0.15, 0.2) is 0 Å². The monoisotopic (exact) mass is 296 g/mol. The van der Waals surface area contributed by atoms with Crippen LogP contribution in [-0.2, 0) is 4.79 Å². The molecule has 0 bridgehead atoms. The molecule has 1 saturated carbocycles. The highest BCUT2D eigenvalue weighted by molar-refractivity contribution is 7.80. The molecule has 0 aromatic carbocycles. The van der Waals surface area contributed by atoms with Crippen LogP contribution in [0.15, 0.2) is 0 Å². The van der Waals surface area contributed by atoms with Crippen molar-refractivity contribution in [3.8, 4) is 0 Å². The molecule has 0 heterocycles. The fourth-order valence-corrected chi connectivity index (χ4v) is 2.86. The van der Waals surface area contributed by atoms with Gasteiger partial charge in [0.05, 0.1) is 10.4 Å². The first-order valence-electron chi connectivity index (χ1n) is 6.39. The van der Waals surface area contributed by atoms with Gasteiger partial charge in [-0.2, -0.15) is 13.2 Å². The normalized spacial score (nSPS) is 18.9. The van der Waals surface area contributed by atoms with Gasteiger partial charge in [0.1, 0.15) is 6.54 Å². The molecule has 1 amide bonds. The van der Waals surface area contributed by atoms with E-state index in [-0.39, 0.29) is 11.5 Å². The van der Waals surface area contributed by atoms with Crippen molar-refractivity contribution < 1.29 is 18.0 Å².